The molecule has 27 heavy (non-hydrogen) atoms. The lowest BCUT2D eigenvalue weighted by Crippen LogP contribution is -2.40. The minimum Gasteiger partial charge on any atom is -0.347 e. The maximum absolute atomic E-state index is 12.7. The quantitative estimate of drug-likeness (QED) is 0.814. The molecule has 2 N–H and O–H groups in total. The van der Waals surface area contributed by atoms with Crippen molar-refractivity contribution in [3.05, 3.63) is 59.7 Å². The van der Waals surface area contributed by atoms with E-state index in [0.717, 1.165) is 12.1 Å². The molecule has 0 atom stereocenters. The molecule has 0 heterocycles. The van der Waals surface area contributed by atoms with Crippen LogP contribution in [-0.4, -0.2) is 19.9 Å². The van der Waals surface area contributed by atoms with Crippen molar-refractivity contribution in [3.8, 4) is 0 Å². The van der Waals surface area contributed by atoms with Gasteiger partial charge in [-0.05, 0) is 63.2 Å². The number of nitrogens with one attached hydrogen (secondary N) is 2. The molecule has 0 saturated carbocycles. The predicted octanol–water partition coefficient (Wildman–Crippen LogP) is 4.03. The highest BCUT2D eigenvalue weighted by molar-refractivity contribution is 7.92. The summed E-state index contributed by atoms with van der Waals surface area (Å²) < 4.78 is 65.1. The number of rotatable bonds is 4. The molecular formula is C18H19F3N2O3S. The van der Waals surface area contributed by atoms with Gasteiger partial charge in [0.25, 0.3) is 15.9 Å². The summed E-state index contributed by atoms with van der Waals surface area (Å²) in [6.45, 7) is 5.42. The second kappa shape index (κ2) is 7.22. The highest BCUT2D eigenvalue weighted by atomic mass is 32.2. The Kier molecular flexibility index (Phi) is 5.55. The second-order valence-corrected chi connectivity index (χ2v) is 8.59. The number of hydrogen-bond acceptors (Lipinski definition) is 3. The van der Waals surface area contributed by atoms with Crippen molar-refractivity contribution in [1.29, 1.82) is 0 Å². The number of halogens is 3. The summed E-state index contributed by atoms with van der Waals surface area (Å²) in [6, 6.07) is 8.99. The predicted molar refractivity (Wildman–Crippen MR) is 95.9 cm³/mol. The first kappa shape index (κ1) is 20.8. The third-order valence-electron chi connectivity index (χ3n) is 3.36. The fraction of sp³-hybridized carbons (Fsp3) is 0.278. The standard InChI is InChI=1S/C18H19F3N2O3S/c1-17(2,3)22-16(24)12-7-9-15(10-8-12)27(25,26)23-14-6-4-5-13(11-14)18(19,20)21/h4-11,23H,1-3H3,(H,22,24). The first-order valence-electron chi connectivity index (χ1n) is 7.91. The minimum absolute atomic E-state index is 0.174. The zero-order valence-corrected chi connectivity index (χ0v) is 15.7. The molecule has 9 heteroatoms. The van der Waals surface area contributed by atoms with E-state index in [1.165, 1.54) is 30.3 Å². The van der Waals surface area contributed by atoms with E-state index >= 15 is 0 Å². The number of hydrogen-bond donors (Lipinski definition) is 2. The van der Waals surface area contributed by atoms with Gasteiger partial charge in [-0.3, -0.25) is 9.52 Å². The van der Waals surface area contributed by atoms with Crippen molar-refractivity contribution in [3.63, 3.8) is 0 Å². The third-order valence-corrected chi connectivity index (χ3v) is 4.75. The van der Waals surface area contributed by atoms with Crippen LogP contribution in [0.15, 0.2) is 53.4 Å². The third kappa shape index (κ3) is 5.72. The van der Waals surface area contributed by atoms with Gasteiger partial charge in [-0.25, -0.2) is 8.42 Å². The van der Waals surface area contributed by atoms with Gasteiger partial charge >= 0.3 is 6.18 Å². The zero-order valence-electron chi connectivity index (χ0n) is 14.9. The molecule has 0 aliphatic rings. The molecule has 0 saturated heterocycles. The van der Waals surface area contributed by atoms with Crippen molar-refractivity contribution in [1.82, 2.24) is 5.32 Å². The Hall–Kier alpha value is -2.55. The van der Waals surface area contributed by atoms with Gasteiger partial charge in [-0.2, -0.15) is 13.2 Å². The highest BCUT2D eigenvalue weighted by Gasteiger charge is 2.30. The SMILES string of the molecule is CC(C)(C)NC(=O)c1ccc(S(=O)(=O)Nc2cccc(C(F)(F)F)c2)cc1. The van der Waals surface area contributed by atoms with Gasteiger partial charge in [0, 0.05) is 16.8 Å². The maximum atomic E-state index is 12.7. The number of alkyl halides is 3. The lowest BCUT2D eigenvalue weighted by molar-refractivity contribution is -0.137. The molecule has 0 aliphatic heterocycles. The van der Waals surface area contributed by atoms with Gasteiger partial charge in [-0.1, -0.05) is 6.07 Å². The van der Waals surface area contributed by atoms with E-state index in [2.05, 4.69) is 10.0 Å². The molecule has 0 fully saturated rings. The lowest BCUT2D eigenvalue weighted by atomic mass is 10.1. The van der Waals surface area contributed by atoms with Crippen LogP contribution in [-0.2, 0) is 16.2 Å². The summed E-state index contributed by atoms with van der Waals surface area (Å²) in [5.74, 6) is -0.364. The number of carbonyl (C=O) groups is 1. The molecular weight excluding hydrogens is 381 g/mol. The zero-order chi connectivity index (χ0) is 20.5. The van der Waals surface area contributed by atoms with Crippen molar-refractivity contribution < 1.29 is 26.4 Å². The van der Waals surface area contributed by atoms with Crippen molar-refractivity contribution in [2.24, 2.45) is 0 Å². The summed E-state index contributed by atoms with van der Waals surface area (Å²) >= 11 is 0. The normalized spacial score (nSPS) is 12.5. The van der Waals surface area contributed by atoms with Gasteiger partial charge in [0.1, 0.15) is 0 Å². The van der Waals surface area contributed by atoms with Gasteiger partial charge in [0.2, 0.25) is 0 Å². The summed E-state index contributed by atoms with van der Waals surface area (Å²) in [4.78, 5) is 11.9. The van der Waals surface area contributed by atoms with E-state index in [1.54, 1.807) is 0 Å². The van der Waals surface area contributed by atoms with E-state index in [4.69, 9.17) is 0 Å². The molecule has 5 nitrogen and oxygen atoms in total. The summed E-state index contributed by atoms with van der Waals surface area (Å²) in [6.07, 6.45) is -4.58. The van der Waals surface area contributed by atoms with Crippen LogP contribution in [0.1, 0.15) is 36.7 Å². The summed E-state index contributed by atoms with van der Waals surface area (Å²) in [5.41, 5.74) is -1.36. The maximum Gasteiger partial charge on any atom is 0.416 e. The van der Waals surface area contributed by atoms with Gasteiger partial charge in [0.05, 0.1) is 10.5 Å². The average molecular weight is 400 g/mol. The Morgan fingerprint density at radius 1 is 0.963 bits per heavy atom. The van der Waals surface area contributed by atoms with Crippen molar-refractivity contribution in [2.45, 2.75) is 37.4 Å². The van der Waals surface area contributed by atoms with Crippen LogP contribution < -0.4 is 10.0 Å². The van der Waals surface area contributed by atoms with E-state index in [1.807, 2.05) is 20.8 Å². The van der Waals surface area contributed by atoms with Crippen LogP contribution in [0, 0.1) is 0 Å². The number of amides is 1. The Labute approximate surface area is 155 Å². The van der Waals surface area contributed by atoms with Gasteiger partial charge in [0.15, 0.2) is 0 Å². The van der Waals surface area contributed by atoms with Crippen molar-refractivity contribution >= 4 is 21.6 Å². The molecule has 2 aromatic rings. The Morgan fingerprint density at radius 3 is 2.07 bits per heavy atom. The van der Waals surface area contributed by atoms with E-state index < -0.39 is 27.3 Å². The van der Waals surface area contributed by atoms with Crippen molar-refractivity contribution in [2.75, 3.05) is 4.72 Å². The van der Waals surface area contributed by atoms with Crippen LogP contribution in [0.2, 0.25) is 0 Å². The molecule has 0 bridgehead atoms. The van der Waals surface area contributed by atoms with E-state index in [9.17, 15) is 26.4 Å². The topological polar surface area (TPSA) is 75.3 Å². The Morgan fingerprint density at radius 2 is 1.56 bits per heavy atom. The molecule has 0 aliphatic carbocycles. The first-order chi connectivity index (χ1) is 12.3. The molecule has 0 radical (unpaired) electrons. The first-order valence-corrected chi connectivity index (χ1v) is 9.39. The fourth-order valence-corrected chi connectivity index (χ4v) is 3.22. The second-order valence-electron chi connectivity index (χ2n) is 6.91. The van der Waals surface area contributed by atoms with Crippen LogP contribution in [0.5, 0.6) is 0 Å². The molecule has 2 aromatic carbocycles. The minimum atomic E-state index is -4.58. The number of sulfonamides is 1. The van der Waals surface area contributed by atoms with Gasteiger partial charge in [-0.15, -0.1) is 0 Å². The average Bonchev–Trinajstić information content (AvgIpc) is 2.52. The van der Waals surface area contributed by atoms with Crippen LogP contribution in [0.4, 0.5) is 18.9 Å². The Bertz CT molecular complexity index is 932. The molecule has 0 spiro atoms. The highest BCUT2D eigenvalue weighted by Crippen LogP contribution is 2.31. The lowest BCUT2D eigenvalue weighted by Gasteiger charge is -2.20. The fourth-order valence-electron chi connectivity index (χ4n) is 2.17. The molecule has 0 unspecified atom stereocenters. The Balaban J connectivity index is 2.21. The summed E-state index contributed by atoms with van der Waals surface area (Å²) in [7, 11) is -4.10. The van der Waals surface area contributed by atoms with Crippen LogP contribution in [0.25, 0.3) is 0 Å². The number of benzene rings is 2. The van der Waals surface area contributed by atoms with E-state index in [-0.39, 0.29) is 22.1 Å². The number of anilines is 1. The molecule has 146 valence electrons. The molecule has 1 amide bonds. The summed E-state index contributed by atoms with van der Waals surface area (Å²) in [5, 5.41) is 2.74. The van der Waals surface area contributed by atoms with Crippen LogP contribution in [0.3, 0.4) is 0 Å². The number of carbonyl (C=O) groups excluding carboxylic acids is 1. The van der Waals surface area contributed by atoms with E-state index in [0.29, 0.717) is 6.07 Å². The molecule has 0 aromatic heterocycles. The monoisotopic (exact) mass is 400 g/mol. The largest absolute Gasteiger partial charge is 0.416 e. The smallest absolute Gasteiger partial charge is 0.347 e. The van der Waals surface area contributed by atoms with Crippen LogP contribution >= 0.6 is 0 Å². The molecule has 2 rings (SSSR count). The van der Waals surface area contributed by atoms with Gasteiger partial charge < -0.3 is 5.32 Å².